The molecule has 10 rings (SSSR count). The van der Waals surface area contributed by atoms with Crippen LogP contribution in [0.15, 0.2) is 163 Å². The highest BCUT2D eigenvalue weighted by Gasteiger charge is 2.32. The Kier molecular flexibility index (Phi) is 7.51. The molecule has 0 spiro atoms. The average Bonchev–Trinajstić information content (AvgIpc) is 3.96. The van der Waals surface area contributed by atoms with Gasteiger partial charge in [-0.3, -0.25) is 14.1 Å². The van der Waals surface area contributed by atoms with Crippen LogP contribution in [0.4, 0.5) is 5.69 Å². The Labute approximate surface area is 314 Å². The predicted octanol–water partition coefficient (Wildman–Crippen LogP) is 10.9. The molecule has 3 heterocycles. The van der Waals surface area contributed by atoms with E-state index in [9.17, 15) is 0 Å². The minimum atomic E-state index is 0.0697. The van der Waals surface area contributed by atoms with E-state index in [4.69, 9.17) is 15.0 Å². The van der Waals surface area contributed by atoms with Gasteiger partial charge in [-0.05, 0) is 132 Å². The molecule has 1 aliphatic heterocycles. The van der Waals surface area contributed by atoms with Crippen molar-refractivity contribution in [2.75, 3.05) is 4.90 Å². The Hall–Kier alpha value is -6.79. The van der Waals surface area contributed by atoms with E-state index in [0.29, 0.717) is 0 Å². The van der Waals surface area contributed by atoms with Crippen LogP contribution in [-0.4, -0.2) is 37.5 Å². The second kappa shape index (κ2) is 12.7. The lowest BCUT2D eigenvalue weighted by atomic mass is 9.79. The molecule has 0 saturated carbocycles. The molecular formula is C48H38N6. The molecule has 0 radical (unpaired) electrons. The van der Waals surface area contributed by atoms with Crippen LogP contribution >= 0.6 is 0 Å². The number of anilines is 1. The molecule has 8 aromatic rings. The summed E-state index contributed by atoms with van der Waals surface area (Å²) in [7, 11) is 0. The van der Waals surface area contributed by atoms with E-state index in [1.807, 2.05) is 31.1 Å². The Balaban J connectivity index is 1.20. The third-order valence-corrected chi connectivity index (χ3v) is 11.2. The molecule has 6 heteroatoms. The van der Waals surface area contributed by atoms with Gasteiger partial charge in [0.25, 0.3) is 0 Å². The monoisotopic (exact) mass is 698 g/mol. The van der Waals surface area contributed by atoms with Gasteiger partial charge in [0.05, 0.1) is 40.5 Å². The summed E-state index contributed by atoms with van der Waals surface area (Å²) in [4.78, 5) is 16.8. The number of rotatable bonds is 6. The summed E-state index contributed by atoms with van der Waals surface area (Å²) in [5.41, 5.74) is 18.5. The zero-order chi connectivity index (χ0) is 36.3. The minimum Gasteiger partial charge on any atom is -0.323 e. The molecule has 0 N–H and O–H groups in total. The number of aliphatic imine (C=N–C) groups is 1. The van der Waals surface area contributed by atoms with Gasteiger partial charge in [0, 0.05) is 17.1 Å². The van der Waals surface area contributed by atoms with Gasteiger partial charge in [-0.1, -0.05) is 85.0 Å². The molecule has 6 nitrogen and oxygen atoms in total. The number of benzene rings is 6. The molecular weight excluding hydrogens is 661 g/mol. The number of hydrogen-bond acceptors (Lipinski definition) is 4. The molecule has 2 unspecified atom stereocenters. The van der Waals surface area contributed by atoms with Crippen LogP contribution in [0.25, 0.3) is 61.3 Å². The van der Waals surface area contributed by atoms with Crippen molar-refractivity contribution in [1.29, 1.82) is 0 Å². The summed E-state index contributed by atoms with van der Waals surface area (Å²) in [6.07, 6.45) is 12.8. The molecule has 6 aromatic carbocycles. The maximum absolute atomic E-state index is 4.90. The van der Waals surface area contributed by atoms with E-state index in [-0.39, 0.29) is 12.1 Å². The summed E-state index contributed by atoms with van der Waals surface area (Å²) in [5, 5.41) is 0. The molecule has 2 aromatic heterocycles. The summed E-state index contributed by atoms with van der Waals surface area (Å²) in [6.45, 7) is 6.87. The number of aromatic nitrogens is 4. The van der Waals surface area contributed by atoms with Crippen molar-refractivity contribution in [1.82, 2.24) is 19.1 Å². The normalized spacial score (nSPS) is 16.4. The third kappa shape index (κ3) is 5.13. The molecule has 260 valence electrons. The van der Waals surface area contributed by atoms with Crippen molar-refractivity contribution >= 4 is 39.7 Å². The van der Waals surface area contributed by atoms with Gasteiger partial charge < -0.3 is 4.90 Å². The fraction of sp³-hybridized carbons (Fsp3) is 0.104. The molecule has 2 atom stereocenters. The lowest BCUT2D eigenvalue weighted by molar-refractivity contribution is 0.742. The van der Waals surface area contributed by atoms with Gasteiger partial charge in [-0.15, -0.1) is 0 Å². The first-order valence-corrected chi connectivity index (χ1v) is 18.5. The number of para-hydroxylation sites is 3. The van der Waals surface area contributed by atoms with Gasteiger partial charge in [0.15, 0.2) is 0 Å². The number of fused-ring (bicyclic) bond motifs is 3. The van der Waals surface area contributed by atoms with Crippen LogP contribution in [0.1, 0.15) is 22.3 Å². The molecule has 2 aliphatic rings. The van der Waals surface area contributed by atoms with E-state index in [0.717, 1.165) is 39.1 Å². The highest BCUT2D eigenvalue weighted by molar-refractivity contribution is 5.96. The number of nitrogens with zero attached hydrogens (tertiary/aromatic N) is 6. The van der Waals surface area contributed by atoms with Crippen molar-refractivity contribution in [3.05, 3.63) is 181 Å². The first-order valence-electron chi connectivity index (χ1n) is 18.5. The van der Waals surface area contributed by atoms with E-state index in [1.165, 1.54) is 50.1 Å². The highest BCUT2D eigenvalue weighted by atomic mass is 15.3. The van der Waals surface area contributed by atoms with Crippen LogP contribution in [0, 0.1) is 20.8 Å². The Morgan fingerprint density at radius 1 is 0.519 bits per heavy atom. The third-order valence-electron chi connectivity index (χ3n) is 11.2. The largest absolute Gasteiger partial charge is 0.323 e. The molecule has 0 fully saturated rings. The standard InChI is InChI=1S/C48H38N6/c1-31-46(34-19-22-40-43(25-34)52(28-49-40)37-13-7-4-8-14-37)32(2)48(36-21-24-42-45(27-36)54(30-51-42)39-17-11-6-12-18-39)33(3)47(31)35-20-23-41-44(26-35)53(29-50-41)38-15-9-5-10-16-38/h4-30,40,43H,1-3H3. The van der Waals surface area contributed by atoms with Crippen LogP contribution in [0.5, 0.6) is 0 Å². The Morgan fingerprint density at radius 2 is 1.00 bits per heavy atom. The van der Waals surface area contributed by atoms with Crippen LogP contribution < -0.4 is 4.90 Å². The van der Waals surface area contributed by atoms with Crippen molar-refractivity contribution < 1.29 is 0 Å². The van der Waals surface area contributed by atoms with Gasteiger partial charge in [-0.25, -0.2) is 9.97 Å². The molecule has 0 bridgehead atoms. The van der Waals surface area contributed by atoms with E-state index < -0.39 is 0 Å². The van der Waals surface area contributed by atoms with Crippen molar-refractivity contribution in [2.24, 2.45) is 4.99 Å². The van der Waals surface area contributed by atoms with Crippen LogP contribution in [-0.2, 0) is 0 Å². The van der Waals surface area contributed by atoms with Crippen LogP contribution in [0.2, 0.25) is 0 Å². The fourth-order valence-electron chi connectivity index (χ4n) is 8.70. The predicted molar refractivity (Wildman–Crippen MR) is 223 cm³/mol. The van der Waals surface area contributed by atoms with Crippen molar-refractivity contribution in [3.8, 4) is 33.6 Å². The van der Waals surface area contributed by atoms with E-state index in [2.05, 4.69) is 168 Å². The van der Waals surface area contributed by atoms with Crippen LogP contribution in [0.3, 0.4) is 0 Å². The minimum absolute atomic E-state index is 0.0697. The molecule has 0 saturated heterocycles. The lowest BCUT2D eigenvalue weighted by Crippen LogP contribution is -2.35. The van der Waals surface area contributed by atoms with Gasteiger partial charge >= 0.3 is 0 Å². The molecule has 0 amide bonds. The van der Waals surface area contributed by atoms with Crippen molar-refractivity contribution in [2.45, 2.75) is 32.9 Å². The van der Waals surface area contributed by atoms with Gasteiger partial charge in [0.2, 0.25) is 0 Å². The quantitative estimate of drug-likeness (QED) is 0.174. The number of imidazole rings is 2. The zero-order valence-corrected chi connectivity index (χ0v) is 30.4. The summed E-state index contributed by atoms with van der Waals surface area (Å²) in [5.74, 6) is 0. The topological polar surface area (TPSA) is 51.2 Å². The summed E-state index contributed by atoms with van der Waals surface area (Å²) in [6, 6.07) is 45.0. The van der Waals surface area contributed by atoms with E-state index >= 15 is 0 Å². The first kappa shape index (κ1) is 31.9. The van der Waals surface area contributed by atoms with Gasteiger partial charge in [0.1, 0.15) is 12.7 Å². The average molecular weight is 699 g/mol. The van der Waals surface area contributed by atoms with E-state index in [1.54, 1.807) is 0 Å². The second-order valence-electron chi connectivity index (χ2n) is 14.3. The lowest BCUT2D eigenvalue weighted by Gasteiger charge is -2.29. The molecule has 54 heavy (non-hydrogen) atoms. The smallest absolute Gasteiger partial charge is 0.100 e. The molecule has 1 aliphatic carbocycles. The zero-order valence-electron chi connectivity index (χ0n) is 30.4. The number of allylic oxidation sites excluding steroid dienone is 2. The fourth-order valence-corrected chi connectivity index (χ4v) is 8.70. The summed E-state index contributed by atoms with van der Waals surface area (Å²) < 4.78 is 4.37. The Bertz CT molecular complexity index is 2660. The van der Waals surface area contributed by atoms with Crippen molar-refractivity contribution in [3.63, 3.8) is 0 Å². The maximum atomic E-state index is 4.90. The first-order chi connectivity index (χ1) is 26.5. The summed E-state index contributed by atoms with van der Waals surface area (Å²) >= 11 is 0. The maximum Gasteiger partial charge on any atom is 0.100 e. The Morgan fingerprint density at radius 3 is 1.52 bits per heavy atom. The van der Waals surface area contributed by atoms with Gasteiger partial charge in [-0.2, -0.15) is 0 Å². The number of hydrogen-bond donors (Lipinski definition) is 0. The highest BCUT2D eigenvalue weighted by Crippen LogP contribution is 2.45. The second-order valence-corrected chi connectivity index (χ2v) is 14.3. The SMILES string of the molecule is Cc1c(C2=CC3C(C=C2)N=CN3c2ccccc2)c(C)c(-c2ccc3ncn(-c4ccccc4)c3c2)c(C)c1-c1ccc2ncn(-c3ccccc3)c2c1.